The number of nitrogens with one attached hydrogen (secondary N) is 3. The van der Waals surface area contributed by atoms with E-state index >= 15 is 0 Å². The molecular weight excluding hydrogens is 386 g/mol. The first kappa shape index (κ1) is 18.9. The topological polar surface area (TPSA) is 122 Å². The number of hydrazine groups is 1. The molecule has 0 atom stereocenters. The first-order valence-electron chi connectivity index (χ1n) is 8.93. The Kier molecular flexibility index (Phi) is 5.25. The predicted octanol–water partition coefficient (Wildman–Crippen LogP) is 2.82. The highest BCUT2D eigenvalue weighted by Crippen LogP contribution is 2.21. The largest absolute Gasteiger partial charge is 0.497 e. The van der Waals surface area contributed by atoms with E-state index in [9.17, 15) is 9.59 Å². The fourth-order valence-corrected chi connectivity index (χ4v) is 2.74. The molecular formula is C21H17N5O4. The molecule has 2 heterocycles. The van der Waals surface area contributed by atoms with Crippen LogP contribution in [0.25, 0.3) is 22.6 Å². The van der Waals surface area contributed by atoms with Crippen LogP contribution in [0, 0.1) is 0 Å². The van der Waals surface area contributed by atoms with Crippen molar-refractivity contribution in [3.8, 4) is 28.3 Å². The minimum Gasteiger partial charge on any atom is -0.497 e. The smallest absolute Gasteiger partial charge is 0.287 e. The maximum Gasteiger partial charge on any atom is 0.287 e. The Morgan fingerprint density at radius 1 is 0.967 bits per heavy atom. The number of amides is 2. The molecule has 0 aliphatic carbocycles. The average Bonchev–Trinajstić information content (AvgIpc) is 3.50. The van der Waals surface area contributed by atoms with Crippen LogP contribution < -0.4 is 15.6 Å². The molecule has 0 aliphatic heterocycles. The van der Waals surface area contributed by atoms with Crippen molar-refractivity contribution in [2.75, 3.05) is 7.11 Å². The van der Waals surface area contributed by atoms with Gasteiger partial charge in [0.25, 0.3) is 11.8 Å². The highest BCUT2D eigenvalue weighted by Gasteiger charge is 2.13. The molecule has 4 rings (SSSR count). The molecule has 4 aromatic rings. The Labute approximate surface area is 171 Å². The second kappa shape index (κ2) is 8.31. The highest BCUT2D eigenvalue weighted by atomic mass is 16.5. The standard InChI is InChI=1S/C21H17N5O4/c1-29-16-8-6-13(7-9-16)17-10-18(24-23-17)21(28)26-25-20(27)15-4-2-14(3-5-15)19-11-22-12-30-19/h2-12H,1H3,(H,23,24)(H,25,27)(H,26,28). The van der Waals surface area contributed by atoms with Crippen LogP contribution >= 0.6 is 0 Å². The zero-order valence-corrected chi connectivity index (χ0v) is 15.9. The van der Waals surface area contributed by atoms with Crippen molar-refractivity contribution in [3.63, 3.8) is 0 Å². The Morgan fingerprint density at radius 2 is 1.67 bits per heavy atom. The summed E-state index contributed by atoms with van der Waals surface area (Å²) < 4.78 is 10.3. The lowest BCUT2D eigenvalue weighted by Crippen LogP contribution is -2.41. The molecule has 0 saturated carbocycles. The molecule has 0 fully saturated rings. The summed E-state index contributed by atoms with van der Waals surface area (Å²) in [6.45, 7) is 0. The summed E-state index contributed by atoms with van der Waals surface area (Å²) >= 11 is 0. The van der Waals surface area contributed by atoms with Gasteiger partial charge in [-0.3, -0.25) is 25.5 Å². The molecule has 0 bridgehead atoms. The molecule has 2 amide bonds. The van der Waals surface area contributed by atoms with E-state index in [4.69, 9.17) is 9.15 Å². The SMILES string of the molecule is COc1ccc(-c2cc(C(=O)NNC(=O)c3ccc(-c4cnco4)cc3)[nH]n2)cc1. The lowest BCUT2D eigenvalue weighted by Gasteiger charge is -2.06. The molecule has 0 radical (unpaired) electrons. The van der Waals surface area contributed by atoms with Gasteiger partial charge >= 0.3 is 0 Å². The van der Waals surface area contributed by atoms with Gasteiger partial charge in [0.05, 0.1) is 19.0 Å². The number of H-pyrrole nitrogens is 1. The van der Waals surface area contributed by atoms with E-state index in [2.05, 4.69) is 26.0 Å². The lowest BCUT2D eigenvalue weighted by atomic mass is 10.1. The number of benzene rings is 2. The minimum atomic E-state index is -0.520. The number of carbonyl (C=O) groups is 2. The molecule has 0 saturated heterocycles. The molecule has 0 unspecified atom stereocenters. The number of ether oxygens (including phenoxy) is 1. The van der Waals surface area contributed by atoms with Crippen LogP contribution in [-0.4, -0.2) is 34.1 Å². The van der Waals surface area contributed by atoms with Crippen LogP contribution in [0.4, 0.5) is 0 Å². The normalized spacial score (nSPS) is 10.4. The maximum absolute atomic E-state index is 12.3. The van der Waals surface area contributed by atoms with Crippen LogP contribution in [0.1, 0.15) is 20.8 Å². The van der Waals surface area contributed by atoms with Crippen molar-refractivity contribution in [1.82, 2.24) is 26.0 Å². The van der Waals surface area contributed by atoms with Gasteiger partial charge in [0.15, 0.2) is 12.2 Å². The maximum atomic E-state index is 12.3. The number of rotatable bonds is 5. The van der Waals surface area contributed by atoms with E-state index in [1.54, 1.807) is 55.8 Å². The van der Waals surface area contributed by atoms with Gasteiger partial charge in [-0.05, 0) is 42.5 Å². The molecule has 30 heavy (non-hydrogen) atoms. The molecule has 0 aliphatic rings. The first-order chi connectivity index (χ1) is 14.6. The number of hydrogen-bond donors (Lipinski definition) is 3. The molecule has 3 N–H and O–H groups in total. The van der Waals surface area contributed by atoms with Gasteiger partial charge < -0.3 is 9.15 Å². The number of hydrogen-bond acceptors (Lipinski definition) is 6. The molecule has 2 aromatic carbocycles. The van der Waals surface area contributed by atoms with Gasteiger partial charge in [-0.25, -0.2) is 4.98 Å². The van der Waals surface area contributed by atoms with E-state index in [1.165, 1.54) is 6.39 Å². The lowest BCUT2D eigenvalue weighted by molar-refractivity contribution is 0.0844. The van der Waals surface area contributed by atoms with Crippen LogP contribution in [0.15, 0.2) is 71.6 Å². The summed E-state index contributed by atoms with van der Waals surface area (Å²) in [5, 5.41) is 6.79. The van der Waals surface area contributed by atoms with Gasteiger partial charge in [-0.2, -0.15) is 5.10 Å². The van der Waals surface area contributed by atoms with Gasteiger partial charge in [-0.15, -0.1) is 0 Å². The van der Waals surface area contributed by atoms with Crippen molar-refractivity contribution in [2.45, 2.75) is 0 Å². The quantitative estimate of drug-likeness (QED) is 0.441. The molecule has 9 nitrogen and oxygen atoms in total. The Morgan fingerprint density at radius 3 is 2.33 bits per heavy atom. The second-order valence-electron chi connectivity index (χ2n) is 6.25. The van der Waals surface area contributed by atoms with Crippen molar-refractivity contribution < 1.29 is 18.7 Å². The van der Waals surface area contributed by atoms with Gasteiger partial charge in [-0.1, -0.05) is 12.1 Å². The number of carbonyl (C=O) groups excluding carboxylic acids is 2. The Bertz CT molecular complexity index is 1150. The summed E-state index contributed by atoms with van der Waals surface area (Å²) in [6.07, 6.45) is 2.92. The third kappa shape index (κ3) is 4.04. The average molecular weight is 403 g/mol. The van der Waals surface area contributed by atoms with Crippen LogP contribution in [0.2, 0.25) is 0 Å². The highest BCUT2D eigenvalue weighted by molar-refractivity contribution is 5.98. The van der Waals surface area contributed by atoms with Gasteiger partial charge in [0.1, 0.15) is 11.4 Å². The van der Waals surface area contributed by atoms with Crippen molar-refractivity contribution in [1.29, 1.82) is 0 Å². The van der Waals surface area contributed by atoms with Gasteiger partial charge in [0.2, 0.25) is 0 Å². The number of oxazole rings is 1. The van der Waals surface area contributed by atoms with Crippen LogP contribution in [0.5, 0.6) is 5.75 Å². The minimum absolute atomic E-state index is 0.210. The van der Waals surface area contributed by atoms with E-state index in [-0.39, 0.29) is 5.69 Å². The summed E-state index contributed by atoms with van der Waals surface area (Å²) in [6, 6.07) is 15.6. The number of methoxy groups -OCH3 is 1. The zero-order valence-electron chi connectivity index (χ0n) is 15.9. The number of aromatic nitrogens is 3. The fraction of sp³-hybridized carbons (Fsp3) is 0.0476. The third-order valence-corrected chi connectivity index (χ3v) is 4.36. The summed E-state index contributed by atoms with van der Waals surface area (Å²) in [7, 11) is 1.59. The Hall–Kier alpha value is -4.40. The molecule has 2 aromatic heterocycles. The summed E-state index contributed by atoms with van der Waals surface area (Å²) in [4.78, 5) is 28.4. The number of aromatic amines is 1. The zero-order chi connectivity index (χ0) is 20.9. The predicted molar refractivity (Wildman–Crippen MR) is 107 cm³/mol. The van der Waals surface area contributed by atoms with Crippen molar-refractivity contribution in [3.05, 3.63) is 78.4 Å². The van der Waals surface area contributed by atoms with E-state index in [0.717, 1.165) is 16.9 Å². The van der Waals surface area contributed by atoms with E-state index < -0.39 is 11.8 Å². The monoisotopic (exact) mass is 403 g/mol. The first-order valence-corrected chi connectivity index (χ1v) is 8.93. The van der Waals surface area contributed by atoms with Crippen molar-refractivity contribution >= 4 is 11.8 Å². The van der Waals surface area contributed by atoms with Gasteiger partial charge in [0, 0.05) is 16.7 Å². The molecule has 9 heteroatoms. The molecule has 150 valence electrons. The fourth-order valence-electron chi connectivity index (χ4n) is 2.74. The van der Waals surface area contributed by atoms with E-state index in [0.29, 0.717) is 17.0 Å². The summed E-state index contributed by atoms with van der Waals surface area (Å²) in [5.41, 5.74) is 7.53. The number of nitrogens with zero attached hydrogens (tertiary/aromatic N) is 2. The second-order valence-corrected chi connectivity index (χ2v) is 6.25. The van der Waals surface area contributed by atoms with Crippen LogP contribution in [-0.2, 0) is 0 Å². The third-order valence-electron chi connectivity index (χ3n) is 4.36. The van der Waals surface area contributed by atoms with E-state index in [1.807, 2.05) is 12.1 Å². The van der Waals surface area contributed by atoms with Crippen molar-refractivity contribution in [2.24, 2.45) is 0 Å². The Balaban J connectivity index is 1.36. The molecule has 0 spiro atoms. The summed E-state index contributed by atoms with van der Waals surface area (Å²) in [5.74, 6) is 0.349. The van der Waals surface area contributed by atoms with Crippen LogP contribution in [0.3, 0.4) is 0 Å².